The minimum atomic E-state index is -1.17. The van der Waals surface area contributed by atoms with E-state index < -0.39 is 41.4 Å². The van der Waals surface area contributed by atoms with Crippen LogP contribution in [0.25, 0.3) is 21.5 Å². The molecule has 0 amide bonds. The zero-order valence-electron chi connectivity index (χ0n) is 23.9. The van der Waals surface area contributed by atoms with E-state index in [2.05, 4.69) is 11.2 Å². The van der Waals surface area contributed by atoms with Crippen LogP contribution in [0.5, 0.6) is 0 Å². The summed E-state index contributed by atoms with van der Waals surface area (Å²) in [5.74, 6) is -2.70. The van der Waals surface area contributed by atoms with Crippen molar-refractivity contribution in [3.05, 3.63) is 60.2 Å². The molecule has 3 atom stereocenters. The summed E-state index contributed by atoms with van der Waals surface area (Å²) in [6.07, 6.45) is 1.91. The smallest absolute Gasteiger partial charge is 0.340 e. The fourth-order valence-corrected chi connectivity index (χ4v) is 4.98. The Morgan fingerprint density at radius 1 is 1.00 bits per heavy atom. The number of rotatable bonds is 13. The molecule has 0 saturated carbocycles. The second-order valence-electron chi connectivity index (χ2n) is 11.4. The molecule has 218 valence electrons. The quantitative estimate of drug-likeness (QED) is 0.0576. The van der Waals surface area contributed by atoms with Crippen molar-refractivity contribution < 1.29 is 38.5 Å². The Hall–Kier alpha value is -3.82. The molecule has 1 N–H and O–H groups in total. The molecule has 3 aromatic carbocycles. The molecule has 0 bridgehead atoms. The summed E-state index contributed by atoms with van der Waals surface area (Å²) >= 11 is 0. The number of esters is 2. The Morgan fingerprint density at radius 2 is 1.61 bits per heavy atom. The minimum absolute atomic E-state index is 0.00594. The van der Waals surface area contributed by atoms with Crippen LogP contribution in [0.3, 0.4) is 0 Å². The van der Waals surface area contributed by atoms with Gasteiger partial charge >= 0.3 is 17.9 Å². The molecule has 3 aromatic rings. The van der Waals surface area contributed by atoms with Crippen molar-refractivity contribution in [2.75, 3.05) is 20.0 Å². The number of aliphatic hydroxyl groups excluding tert-OH is 1. The first-order valence-corrected chi connectivity index (χ1v) is 13.8. The fourth-order valence-electron chi connectivity index (χ4n) is 4.98. The lowest BCUT2D eigenvalue weighted by molar-refractivity contribution is -0.165. The number of carbonyl (C=O) groups excluding carboxylic acids is 3. The number of nitrogens with zero attached hydrogens (tertiary/aromatic N) is 1. The second kappa shape index (κ2) is 12.8. The predicted octanol–water partition coefficient (Wildman–Crippen LogP) is 5.14. The highest BCUT2D eigenvalue weighted by Gasteiger charge is 2.43. The minimum Gasteiger partial charge on any atom is -0.462 e. The van der Waals surface area contributed by atoms with E-state index in [0.717, 1.165) is 27.1 Å². The largest absolute Gasteiger partial charge is 0.462 e. The molecule has 4 rings (SSSR count). The van der Waals surface area contributed by atoms with Crippen molar-refractivity contribution in [1.29, 1.82) is 0 Å². The predicted molar refractivity (Wildman–Crippen MR) is 154 cm³/mol. The highest BCUT2D eigenvalue weighted by Crippen LogP contribution is 2.38. The molecule has 41 heavy (non-hydrogen) atoms. The molecule has 0 spiro atoms. The normalized spacial score (nSPS) is 17.2. The SMILES string of the molecule is CCC(C)(CC(CC(C)(C)C(=O)O/N=C/c1c2ccccc2cc2ccccc12)C(=O)OCO)C(=O)OCC1CO1. The number of fused-ring (bicyclic) bond motifs is 2. The van der Waals surface area contributed by atoms with Gasteiger partial charge in [0.1, 0.15) is 12.7 Å². The maximum Gasteiger partial charge on any atom is 0.340 e. The summed E-state index contributed by atoms with van der Waals surface area (Å²) in [5, 5.41) is 17.3. The van der Waals surface area contributed by atoms with Gasteiger partial charge in [0.15, 0.2) is 6.79 Å². The first-order chi connectivity index (χ1) is 19.6. The molecular weight excluding hydrogens is 526 g/mol. The number of oxime groups is 1. The summed E-state index contributed by atoms with van der Waals surface area (Å²) in [4.78, 5) is 44.3. The molecule has 0 aromatic heterocycles. The van der Waals surface area contributed by atoms with E-state index in [-0.39, 0.29) is 25.6 Å². The van der Waals surface area contributed by atoms with Gasteiger partial charge in [-0.2, -0.15) is 0 Å². The van der Waals surface area contributed by atoms with Gasteiger partial charge in [-0.3, -0.25) is 9.59 Å². The van der Waals surface area contributed by atoms with E-state index in [4.69, 9.17) is 19.0 Å². The van der Waals surface area contributed by atoms with Crippen LogP contribution in [-0.2, 0) is 33.4 Å². The Morgan fingerprint density at radius 3 is 2.17 bits per heavy atom. The number of ether oxygens (including phenoxy) is 3. The van der Waals surface area contributed by atoms with Crippen LogP contribution < -0.4 is 0 Å². The Kier molecular flexibility index (Phi) is 9.40. The second-order valence-corrected chi connectivity index (χ2v) is 11.4. The van der Waals surface area contributed by atoms with E-state index in [1.807, 2.05) is 55.5 Å². The van der Waals surface area contributed by atoms with Crippen LogP contribution in [0.1, 0.15) is 52.5 Å². The van der Waals surface area contributed by atoms with Crippen molar-refractivity contribution in [2.24, 2.45) is 21.9 Å². The zero-order chi connectivity index (χ0) is 29.6. The maximum absolute atomic E-state index is 13.2. The third-order valence-corrected chi connectivity index (χ3v) is 7.75. The number of benzene rings is 3. The third kappa shape index (κ3) is 7.28. The lowest BCUT2D eigenvalue weighted by Gasteiger charge is -2.32. The van der Waals surface area contributed by atoms with Crippen molar-refractivity contribution in [2.45, 2.75) is 53.1 Å². The lowest BCUT2D eigenvalue weighted by Crippen LogP contribution is -2.38. The first kappa shape index (κ1) is 30.1. The number of aliphatic hydroxyl groups is 1. The van der Waals surface area contributed by atoms with Crippen molar-refractivity contribution in [3.63, 3.8) is 0 Å². The maximum atomic E-state index is 13.2. The van der Waals surface area contributed by atoms with Crippen LogP contribution in [0.2, 0.25) is 0 Å². The van der Waals surface area contributed by atoms with Gasteiger partial charge in [0.05, 0.1) is 29.6 Å². The average molecular weight is 564 g/mol. The average Bonchev–Trinajstić information content (AvgIpc) is 3.79. The number of hydrogen-bond donors (Lipinski definition) is 1. The zero-order valence-corrected chi connectivity index (χ0v) is 23.9. The van der Waals surface area contributed by atoms with Gasteiger partial charge in [-0.15, -0.1) is 0 Å². The number of carbonyl (C=O) groups is 3. The molecule has 0 aliphatic carbocycles. The molecule has 1 aliphatic rings. The fraction of sp³-hybridized carbons (Fsp3) is 0.438. The molecule has 9 nitrogen and oxygen atoms in total. The molecule has 1 aliphatic heterocycles. The molecule has 1 saturated heterocycles. The Balaban J connectivity index is 1.50. The number of epoxide rings is 1. The van der Waals surface area contributed by atoms with Crippen molar-refractivity contribution in [1.82, 2.24) is 0 Å². The van der Waals surface area contributed by atoms with Gasteiger partial charge in [0.2, 0.25) is 0 Å². The van der Waals surface area contributed by atoms with E-state index in [0.29, 0.717) is 13.0 Å². The monoisotopic (exact) mass is 563 g/mol. The first-order valence-electron chi connectivity index (χ1n) is 13.8. The van der Waals surface area contributed by atoms with Crippen LogP contribution in [0, 0.1) is 16.7 Å². The summed E-state index contributed by atoms with van der Waals surface area (Å²) in [6, 6.07) is 17.9. The Bertz CT molecular complexity index is 1390. The van der Waals surface area contributed by atoms with E-state index in [1.54, 1.807) is 20.8 Å². The molecule has 1 heterocycles. The highest BCUT2D eigenvalue weighted by atomic mass is 16.7. The lowest BCUT2D eigenvalue weighted by atomic mass is 9.73. The van der Waals surface area contributed by atoms with Crippen LogP contribution in [0.4, 0.5) is 0 Å². The van der Waals surface area contributed by atoms with E-state index >= 15 is 0 Å². The van der Waals surface area contributed by atoms with E-state index in [1.165, 1.54) is 6.21 Å². The summed E-state index contributed by atoms with van der Waals surface area (Å²) in [7, 11) is 0. The topological polar surface area (TPSA) is 124 Å². The third-order valence-electron chi connectivity index (χ3n) is 7.75. The van der Waals surface area contributed by atoms with Gasteiger partial charge in [0, 0.05) is 5.56 Å². The standard InChI is InChI=1S/C32H37NO8/c1-5-32(4,30(37)39-19-24-18-38-24)16-23(28(35)40-20-34)15-31(2,3)29(36)41-33-17-27-25-12-8-6-10-21(25)14-22-11-7-9-13-26(22)27/h6-14,17,23-24,34H,5,15-16,18-20H2,1-4H3/b33-17+. The molecular formula is C32H37NO8. The van der Waals surface area contributed by atoms with Crippen molar-refractivity contribution in [3.8, 4) is 0 Å². The summed E-state index contributed by atoms with van der Waals surface area (Å²) in [5.41, 5.74) is -1.36. The van der Waals surface area contributed by atoms with Crippen LogP contribution in [-0.4, -0.2) is 55.3 Å². The van der Waals surface area contributed by atoms with Gasteiger partial charge in [-0.1, -0.05) is 60.6 Å². The Labute approximate surface area is 239 Å². The van der Waals surface area contributed by atoms with Crippen LogP contribution in [0.15, 0.2) is 59.8 Å². The summed E-state index contributed by atoms with van der Waals surface area (Å²) in [6.45, 7) is 6.72. The van der Waals surface area contributed by atoms with E-state index in [9.17, 15) is 19.5 Å². The molecule has 0 radical (unpaired) electrons. The molecule has 9 heteroatoms. The van der Waals surface area contributed by atoms with Gasteiger partial charge in [-0.05, 0) is 67.6 Å². The van der Waals surface area contributed by atoms with Gasteiger partial charge in [0.25, 0.3) is 0 Å². The van der Waals surface area contributed by atoms with Gasteiger partial charge < -0.3 is 24.2 Å². The molecule has 3 unspecified atom stereocenters. The number of hydrogen-bond acceptors (Lipinski definition) is 9. The molecule has 1 fully saturated rings. The summed E-state index contributed by atoms with van der Waals surface area (Å²) < 4.78 is 15.4. The van der Waals surface area contributed by atoms with Crippen molar-refractivity contribution >= 4 is 45.7 Å². The van der Waals surface area contributed by atoms with Crippen LogP contribution >= 0.6 is 0 Å². The highest BCUT2D eigenvalue weighted by molar-refractivity contribution is 6.13. The van der Waals surface area contributed by atoms with Gasteiger partial charge in [-0.25, -0.2) is 4.79 Å².